The number of carbonyl (C=O) groups excluding carboxylic acids is 1. The molecule has 0 saturated carbocycles. The van der Waals surface area contributed by atoms with Gasteiger partial charge in [-0.1, -0.05) is 48.0 Å². The summed E-state index contributed by atoms with van der Waals surface area (Å²) >= 11 is 0. The van der Waals surface area contributed by atoms with Crippen LogP contribution >= 0.6 is 0 Å². The molecule has 0 bridgehead atoms. The number of carbonyl (C=O) groups is 1. The quantitative estimate of drug-likeness (QED) is 0.653. The summed E-state index contributed by atoms with van der Waals surface area (Å²) < 4.78 is 11.4. The summed E-state index contributed by atoms with van der Waals surface area (Å²) in [5, 5.41) is 5.14. The van der Waals surface area contributed by atoms with Crippen molar-refractivity contribution in [2.24, 2.45) is 0 Å². The fraction of sp³-hybridized carbons (Fsp3) is 0.227. The van der Waals surface area contributed by atoms with E-state index in [1.807, 2.05) is 67.6 Å². The molecule has 0 radical (unpaired) electrons. The third-order valence-electron chi connectivity index (χ3n) is 4.09. The molecular weight excluding hydrogens is 326 g/mol. The Morgan fingerprint density at radius 3 is 2.42 bits per heavy atom. The lowest BCUT2D eigenvalue weighted by Gasteiger charge is -2.15. The zero-order chi connectivity index (χ0) is 18.4. The van der Waals surface area contributed by atoms with Crippen molar-refractivity contribution in [1.82, 2.24) is 5.32 Å². The highest BCUT2D eigenvalue weighted by Gasteiger charge is 2.13. The normalized spacial score (nSPS) is 11.8. The van der Waals surface area contributed by atoms with Crippen LogP contribution in [0, 0.1) is 6.92 Å². The van der Waals surface area contributed by atoms with Crippen molar-refractivity contribution in [2.45, 2.75) is 20.0 Å². The van der Waals surface area contributed by atoms with Crippen LogP contribution in [0.25, 0.3) is 10.8 Å². The summed E-state index contributed by atoms with van der Waals surface area (Å²) in [5.74, 6) is 1.32. The Labute approximate surface area is 153 Å². The lowest BCUT2D eigenvalue weighted by molar-refractivity contribution is -0.127. The Morgan fingerprint density at radius 1 is 0.962 bits per heavy atom. The Hall–Kier alpha value is -3.01. The monoisotopic (exact) mass is 349 g/mol. The smallest absolute Gasteiger partial charge is 0.260 e. The molecule has 26 heavy (non-hydrogen) atoms. The molecule has 0 spiro atoms. The fourth-order valence-electron chi connectivity index (χ4n) is 2.62. The maximum Gasteiger partial charge on any atom is 0.260 e. The summed E-state index contributed by atoms with van der Waals surface area (Å²) in [5.41, 5.74) is 1.15. The van der Waals surface area contributed by atoms with E-state index >= 15 is 0 Å². The fourth-order valence-corrected chi connectivity index (χ4v) is 2.62. The van der Waals surface area contributed by atoms with E-state index in [-0.39, 0.29) is 5.91 Å². The van der Waals surface area contributed by atoms with Crippen molar-refractivity contribution in [3.63, 3.8) is 0 Å². The van der Waals surface area contributed by atoms with Crippen molar-refractivity contribution in [3.8, 4) is 11.5 Å². The highest BCUT2D eigenvalue weighted by molar-refractivity contribution is 5.83. The van der Waals surface area contributed by atoms with Crippen LogP contribution in [0.5, 0.6) is 11.5 Å². The molecule has 1 atom stereocenters. The van der Waals surface area contributed by atoms with Gasteiger partial charge in [-0.2, -0.15) is 0 Å². The first-order chi connectivity index (χ1) is 12.6. The molecular formula is C22H23NO3. The summed E-state index contributed by atoms with van der Waals surface area (Å²) in [6.07, 6.45) is -0.557. The van der Waals surface area contributed by atoms with Gasteiger partial charge in [0.15, 0.2) is 6.10 Å². The molecule has 0 aliphatic carbocycles. The van der Waals surface area contributed by atoms with E-state index in [4.69, 9.17) is 9.47 Å². The zero-order valence-electron chi connectivity index (χ0n) is 15.1. The highest BCUT2D eigenvalue weighted by atomic mass is 16.5. The lowest BCUT2D eigenvalue weighted by Crippen LogP contribution is -2.38. The van der Waals surface area contributed by atoms with Crippen molar-refractivity contribution in [1.29, 1.82) is 0 Å². The van der Waals surface area contributed by atoms with Crippen LogP contribution in [0.4, 0.5) is 0 Å². The van der Waals surface area contributed by atoms with E-state index in [1.165, 1.54) is 5.39 Å². The van der Waals surface area contributed by atoms with E-state index in [2.05, 4.69) is 11.4 Å². The Balaban J connectivity index is 1.43. The molecule has 0 saturated heterocycles. The lowest BCUT2D eigenvalue weighted by atomic mass is 10.1. The number of fused-ring (bicyclic) bond motifs is 1. The molecule has 0 aliphatic heterocycles. The van der Waals surface area contributed by atoms with Crippen LogP contribution in [0.1, 0.15) is 12.5 Å². The van der Waals surface area contributed by atoms with Gasteiger partial charge in [0.2, 0.25) is 0 Å². The van der Waals surface area contributed by atoms with E-state index in [0.29, 0.717) is 18.9 Å². The van der Waals surface area contributed by atoms with Crippen molar-refractivity contribution in [2.75, 3.05) is 13.2 Å². The SMILES string of the molecule is Cc1ccc(O[C@@H](C)C(=O)NCCOc2ccc3ccccc3c2)cc1. The van der Waals surface area contributed by atoms with Crippen LogP contribution < -0.4 is 14.8 Å². The molecule has 3 rings (SSSR count). The average molecular weight is 349 g/mol. The van der Waals surface area contributed by atoms with Gasteiger partial charge < -0.3 is 14.8 Å². The molecule has 3 aromatic carbocycles. The largest absolute Gasteiger partial charge is 0.492 e. The van der Waals surface area contributed by atoms with Crippen LogP contribution in [0.2, 0.25) is 0 Å². The molecule has 0 heterocycles. The molecule has 0 aromatic heterocycles. The third kappa shape index (κ3) is 4.76. The molecule has 1 amide bonds. The van der Waals surface area contributed by atoms with Crippen LogP contribution in [0.15, 0.2) is 66.7 Å². The summed E-state index contributed by atoms with van der Waals surface area (Å²) in [7, 11) is 0. The van der Waals surface area contributed by atoms with Gasteiger partial charge in [0.05, 0.1) is 6.54 Å². The second-order valence-corrected chi connectivity index (χ2v) is 6.22. The number of hydrogen-bond donors (Lipinski definition) is 1. The summed E-state index contributed by atoms with van der Waals surface area (Å²) in [6, 6.07) is 21.7. The van der Waals surface area contributed by atoms with Crippen molar-refractivity contribution >= 4 is 16.7 Å². The average Bonchev–Trinajstić information content (AvgIpc) is 2.66. The van der Waals surface area contributed by atoms with Gasteiger partial charge in [-0.05, 0) is 48.9 Å². The highest BCUT2D eigenvalue weighted by Crippen LogP contribution is 2.20. The van der Waals surface area contributed by atoms with E-state index in [1.54, 1.807) is 6.92 Å². The molecule has 0 aliphatic rings. The number of nitrogens with one attached hydrogen (secondary N) is 1. The minimum atomic E-state index is -0.557. The first-order valence-electron chi connectivity index (χ1n) is 8.74. The van der Waals surface area contributed by atoms with Crippen LogP contribution in [-0.2, 0) is 4.79 Å². The maximum absolute atomic E-state index is 12.1. The van der Waals surface area contributed by atoms with Crippen molar-refractivity contribution < 1.29 is 14.3 Å². The first kappa shape index (κ1) is 17.8. The van der Waals surface area contributed by atoms with E-state index in [9.17, 15) is 4.79 Å². The minimum absolute atomic E-state index is 0.160. The summed E-state index contributed by atoms with van der Waals surface area (Å²) in [4.78, 5) is 12.1. The number of rotatable bonds is 7. The third-order valence-corrected chi connectivity index (χ3v) is 4.09. The maximum atomic E-state index is 12.1. The van der Waals surface area contributed by atoms with Gasteiger partial charge in [-0.15, -0.1) is 0 Å². The molecule has 4 nitrogen and oxygen atoms in total. The summed E-state index contributed by atoms with van der Waals surface area (Å²) in [6.45, 7) is 4.57. The van der Waals surface area contributed by atoms with Gasteiger partial charge in [0.1, 0.15) is 18.1 Å². The van der Waals surface area contributed by atoms with Crippen molar-refractivity contribution in [3.05, 3.63) is 72.3 Å². The van der Waals surface area contributed by atoms with Crippen LogP contribution in [-0.4, -0.2) is 25.2 Å². The number of hydrogen-bond acceptors (Lipinski definition) is 3. The topological polar surface area (TPSA) is 47.6 Å². The molecule has 0 unspecified atom stereocenters. The first-order valence-corrected chi connectivity index (χ1v) is 8.74. The van der Waals surface area contributed by atoms with E-state index < -0.39 is 6.10 Å². The predicted octanol–water partition coefficient (Wildman–Crippen LogP) is 4.11. The van der Waals surface area contributed by atoms with E-state index in [0.717, 1.165) is 16.7 Å². The van der Waals surface area contributed by atoms with Gasteiger partial charge in [-0.3, -0.25) is 4.79 Å². The molecule has 0 fully saturated rings. The number of ether oxygens (including phenoxy) is 2. The standard InChI is InChI=1S/C22H23NO3/c1-16-7-10-20(11-8-16)26-17(2)22(24)23-13-14-25-21-12-9-18-5-3-4-6-19(18)15-21/h3-12,15,17H,13-14H2,1-2H3,(H,23,24)/t17-/m0/s1. The Morgan fingerprint density at radius 2 is 1.65 bits per heavy atom. The second-order valence-electron chi connectivity index (χ2n) is 6.22. The van der Waals surface area contributed by atoms with Gasteiger partial charge >= 0.3 is 0 Å². The molecule has 3 aromatic rings. The van der Waals surface area contributed by atoms with Gasteiger partial charge in [-0.25, -0.2) is 0 Å². The molecule has 4 heteroatoms. The Kier molecular flexibility index (Phi) is 5.74. The molecule has 134 valence electrons. The number of benzene rings is 3. The number of amides is 1. The zero-order valence-corrected chi connectivity index (χ0v) is 15.1. The van der Waals surface area contributed by atoms with Crippen LogP contribution in [0.3, 0.4) is 0 Å². The Bertz CT molecular complexity index is 874. The van der Waals surface area contributed by atoms with Gasteiger partial charge in [0, 0.05) is 0 Å². The second kappa shape index (κ2) is 8.39. The van der Waals surface area contributed by atoms with Gasteiger partial charge in [0.25, 0.3) is 5.91 Å². The number of aryl methyl sites for hydroxylation is 1. The molecule has 1 N–H and O–H groups in total. The minimum Gasteiger partial charge on any atom is -0.492 e. The predicted molar refractivity (Wildman–Crippen MR) is 104 cm³/mol.